The van der Waals surface area contributed by atoms with Gasteiger partial charge in [-0.05, 0) is 49.4 Å². The van der Waals surface area contributed by atoms with Gasteiger partial charge in [-0.3, -0.25) is 4.72 Å². The zero-order valence-corrected chi connectivity index (χ0v) is 19.2. The van der Waals surface area contributed by atoms with E-state index in [1.54, 1.807) is 25.3 Å². The first-order valence-electron chi connectivity index (χ1n) is 9.45. The van der Waals surface area contributed by atoms with Gasteiger partial charge in [0.25, 0.3) is 10.0 Å². The van der Waals surface area contributed by atoms with Crippen molar-refractivity contribution in [2.24, 2.45) is 0 Å². The molecule has 0 fully saturated rings. The topological polar surface area (TPSA) is 80.3 Å². The monoisotopic (exact) mass is 473 g/mol. The number of pyridine rings is 1. The van der Waals surface area contributed by atoms with Gasteiger partial charge in [-0.1, -0.05) is 35.9 Å². The molecule has 0 bridgehead atoms. The summed E-state index contributed by atoms with van der Waals surface area (Å²) in [6.45, 7) is 2.03. The molecular formula is C22H20ClN3O3S2. The summed E-state index contributed by atoms with van der Waals surface area (Å²) in [4.78, 5) is 4.66. The number of thiophene rings is 1. The second kappa shape index (κ2) is 8.74. The van der Waals surface area contributed by atoms with Crippen molar-refractivity contribution in [1.29, 1.82) is 0 Å². The Morgan fingerprint density at radius 2 is 1.84 bits per heavy atom. The molecule has 1 atom stereocenters. The number of benzene rings is 2. The van der Waals surface area contributed by atoms with Gasteiger partial charge >= 0.3 is 0 Å². The van der Waals surface area contributed by atoms with Crippen molar-refractivity contribution >= 4 is 55.4 Å². The molecule has 4 aromatic rings. The van der Waals surface area contributed by atoms with E-state index >= 15 is 0 Å². The molecule has 2 N–H and O–H groups in total. The van der Waals surface area contributed by atoms with Crippen molar-refractivity contribution in [2.75, 3.05) is 17.1 Å². The summed E-state index contributed by atoms with van der Waals surface area (Å²) >= 11 is 6.90. The lowest BCUT2D eigenvalue weighted by atomic mass is 10.1. The number of aromatic nitrogens is 1. The average molecular weight is 474 g/mol. The normalized spacial score (nSPS) is 12.5. The van der Waals surface area contributed by atoms with Crippen LogP contribution in [0.2, 0.25) is 4.34 Å². The second-order valence-electron chi connectivity index (χ2n) is 6.84. The van der Waals surface area contributed by atoms with Crippen LogP contribution in [-0.2, 0) is 10.0 Å². The van der Waals surface area contributed by atoms with Gasteiger partial charge in [-0.25, -0.2) is 13.4 Å². The zero-order chi connectivity index (χ0) is 22.0. The molecule has 4 rings (SSSR count). The van der Waals surface area contributed by atoms with Crippen LogP contribution in [0.3, 0.4) is 0 Å². The van der Waals surface area contributed by atoms with Crippen LogP contribution in [0.5, 0.6) is 5.75 Å². The Morgan fingerprint density at radius 1 is 1.03 bits per heavy atom. The SMILES string of the molecule is COc1ccccc1C(C)Nc1ccc2c(NS(=O)(=O)c3ccc(Cl)s3)cccc2n1. The Hall–Kier alpha value is -2.81. The first-order valence-corrected chi connectivity index (χ1v) is 12.1. The van der Waals surface area contributed by atoms with Crippen LogP contribution in [0.1, 0.15) is 18.5 Å². The molecule has 160 valence electrons. The van der Waals surface area contributed by atoms with Gasteiger partial charge in [0.1, 0.15) is 15.8 Å². The highest BCUT2D eigenvalue weighted by Gasteiger charge is 2.18. The molecule has 0 aliphatic rings. The maximum atomic E-state index is 12.7. The minimum atomic E-state index is -3.73. The van der Waals surface area contributed by atoms with E-state index in [9.17, 15) is 8.42 Å². The van der Waals surface area contributed by atoms with Crippen molar-refractivity contribution in [3.63, 3.8) is 0 Å². The first-order chi connectivity index (χ1) is 14.9. The van der Waals surface area contributed by atoms with Gasteiger partial charge in [-0.2, -0.15) is 0 Å². The molecule has 2 aromatic carbocycles. The Bertz CT molecular complexity index is 1340. The number of rotatable bonds is 7. The van der Waals surface area contributed by atoms with Crippen molar-refractivity contribution in [3.05, 3.63) is 76.6 Å². The van der Waals surface area contributed by atoms with Gasteiger partial charge in [0.2, 0.25) is 0 Å². The highest BCUT2D eigenvalue weighted by atomic mass is 35.5. The fourth-order valence-electron chi connectivity index (χ4n) is 3.29. The predicted molar refractivity (Wildman–Crippen MR) is 127 cm³/mol. The van der Waals surface area contributed by atoms with E-state index in [2.05, 4.69) is 15.0 Å². The molecule has 6 nitrogen and oxygen atoms in total. The number of hydrogen-bond donors (Lipinski definition) is 2. The lowest BCUT2D eigenvalue weighted by molar-refractivity contribution is 0.408. The number of nitrogens with zero attached hydrogens (tertiary/aromatic N) is 1. The van der Waals surface area contributed by atoms with E-state index in [0.29, 0.717) is 26.7 Å². The number of ether oxygens (including phenoxy) is 1. The van der Waals surface area contributed by atoms with E-state index < -0.39 is 10.0 Å². The van der Waals surface area contributed by atoms with Crippen LogP contribution >= 0.6 is 22.9 Å². The van der Waals surface area contributed by atoms with Crippen LogP contribution in [0.4, 0.5) is 11.5 Å². The van der Waals surface area contributed by atoms with E-state index in [0.717, 1.165) is 22.6 Å². The van der Waals surface area contributed by atoms with Gasteiger partial charge in [-0.15, -0.1) is 11.3 Å². The molecule has 0 saturated heterocycles. The molecule has 2 heterocycles. The van der Waals surface area contributed by atoms with E-state index in [1.165, 1.54) is 6.07 Å². The predicted octanol–water partition coefficient (Wildman–Crippen LogP) is 5.93. The summed E-state index contributed by atoms with van der Waals surface area (Å²) in [6, 6.07) is 19.8. The van der Waals surface area contributed by atoms with Crippen molar-refractivity contribution in [1.82, 2.24) is 4.98 Å². The minimum Gasteiger partial charge on any atom is -0.496 e. The lowest BCUT2D eigenvalue weighted by Gasteiger charge is -2.18. The highest BCUT2D eigenvalue weighted by Crippen LogP contribution is 2.31. The van der Waals surface area contributed by atoms with Crippen molar-refractivity contribution in [2.45, 2.75) is 17.2 Å². The minimum absolute atomic E-state index is 0.0358. The summed E-state index contributed by atoms with van der Waals surface area (Å²) in [6.07, 6.45) is 0. The highest BCUT2D eigenvalue weighted by molar-refractivity contribution is 7.94. The van der Waals surface area contributed by atoms with E-state index in [1.807, 2.05) is 49.4 Å². The second-order valence-corrected chi connectivity index (χ2v) is 10.5. The Labute approximate surface area is 189 Å². The van der Waals surface area contributed by atoms with Gasteiger partial charge in [0.05, 0.1) is 28.7 Å². The van der Waals surface area contributed by atoms with E-state index in [-0.39, 0.29) is 10.3 Å². The molecule has 2 aromatic heterocycles. The summed E-state index contributed by atoms with van der Waals surface area (Å²) in [5.41, 5.74) is 2.14. The zero-order valence-electron chi connectivity index (χ0n) is 16.8. The summed E-state index contributed by atoms with van der Waals surface area (Å²) in [5.74, 6) is 1.48. The number of hydrogen-bond acceptors (Lipinski definition) is 6. The molecule has 31 heavy (non-hydrogen) atoms. The molecule has 0 spiro atoms. The smallest absolute Gasteiger partial charge is 0.271 e. The standard InChI is InChI=1S/C22H20ClN3O3S2/c1-14(15-6-3-4-9-19(15)29-2)24-21-12-10-16-17(25-21)7-5-8-18(16)26-31(27,28)22-13-11-20(23)30-22/h3-14,26H,1-2H3,(H,24,25). The Balaban J connectivity index is 1.61. The molecular weight excluding hydrogens is 454 g/mol. The Morgan fingerprint density at radius 3 is 2.58 bits per heavy atom. The van der Waals surface area contributed by atoms with Crippen molar-refractivity contribution < 1.29 is 13.2 Å². The molecule has 0 saturated carbocycles. The van der Waals surface area contributed by atoms with Crippen LogP contribution in [0.25, 0.3) is 10.9 Å². The molecule has 0 aliphatic heterocycles. The van der Waals surface area contributed by atoms with E-state index in [4.69, 9.17) is 16.3 Å². The maximum Gasteiger partial charge on any atom is 0.271 e. The Kier molecular flexibility index (Phi) is 6.04. The fraction of sp³-hybridized carbons (Fsp3) is 0.136. The van der Waals surface area contributed by atoms with Gasteiger partial charge < -0.3 is 10.1 Å². The molecule has 1 unspecified atom stereocenters. The van der Waals surface area contributed by atoms with Crippen LogP contribution in [0.15, 0.2) is 70.9 Å². The number of para-hydroxylation sites is 1. The third-order valence-corrected chi connectivity index (χ3v) is 7.85. The molecule has 0 radical (unpaired) electrons. The maximum absolute atomic E-state index is 12.7. The van der Waals surface area contributed by atoms with Crippen LogP contribution in [-0.4, -0.2) is 20.5 Å². The average Bonchev–Trinajstić information content (AvgIpc) is 3.21. The van der Waals surface area contributed by atoms with Crippen LogP contribution in [0, 0.1) is 0 Å². The van der Waals surface area contributed by atoms with Gasteiger partial charge in [0.15, 0.2) is 0 Å². The molecule has 0 amide bonds. The number of halogens is 1. The first kappa shape index (κ1) is 21.4. The van der Waals surface area contributed by atoms with Crippen molar-refractivity contribution in [3.8, 4) is 5.75 Å². The quantitative estimate of drug-likeness (QED) is 0.347. The number of methoxy groups -OCH3 is 1. The number of fused-ring (bicyclic) bond motifs is 1. The molecule has 9 heteroatoms. The third kappa shape index (κ3) is 4.61. The lowest BCUT2D eigenvalue weighted by Crippen LogP contribution is -2.12. The summed E-state index contributed by atoms with van der Waals surface area (Å²) in [5, 5.41) is 4.08. The number of anilines is 2. The molecule has 0 aliphatic carbocycles. The van der Waals surface area contributed by atoms with Gasteiger partial charge in [0, 0.05) is 10.9 Å². The summed E-state index contributed by atoms with van der Waals surface area (Å²) in [7, 11) is -2.08. The number of sulfonamides is 1. The summed E-state index contributed by atoms with van der Waals surface area (Å²) < 4.78 is 34.0. The largest absolute Gasteiger partial charge is 0.496 e. The third-order valence-electron chi connectivity index (χ3n) is 4.76. The van der Waals surface area contributed by atoms with Crippen LogP contribution < -0.4 is 14.8 Å². The fourth-order valence-corrected chi connectivity index (χ4v) is 5.85. The number of nitrogens with one attached hydrogen (secondary N) is 2.